The number of hydrogen-bond acceptors (Lipinski definition) is 4. The lowest BCUT2D eigenvalue weighted by Gasteiger charge is -2.25. The number of hydrogen-bond donors (Lipinski definition) is 1. The van der Waals surface area contributed by atoms with Crippen LogP contribution >= 0.6 is 0 Å². The number of pyridine rings is 1. The third kappa shape index (κ3) is 3.43. The van der Waals surface area contributed by atoms with E-state index in [1.807, 2.05) is 30.9 Å². The van der Waals surface area contributed by atoms with Gasteiger partial charge in [0.05, 0.1) is 6.54 Å². The molecule has 0 radical (unpaired) electrons. The first-order chi connectivity index (χ1) is 8.49. The Balaban J connectivity index is 3.00. The lowest BCUT2D eigenvalue weighted by molar-refractivity contribution is -0.127. The zero-order valence-electron chi connectivity index (χ0n) is 11.6. The number of nitrogens with two attached hydrogens (primary N) is 1. The molecule has 0 fully saturated rings. The van der Waals surface area contributed by atoms with Crippen LogP contribution in [0.25, 0.3) is 0 Å². The van der Waals surface area contributed by atoms with Gasteiger partial charge in [-0.15, -0.1) is 0 Å². The summed E-state index contributed by atoms with van der Waals surface area (Å²) in [6.07, 6.45) is 0. The second-order valence-electron chi connectivity index (χ2n) is 4.44. The molecule has 0 aliphatic heterocycles. The van der Waals surface area contributed by atoms with Gasteiger partial charge in [0.25, 0.3) is 0 Å². The van der Waals surface area contributed by atoms with Gasteiger partial charge in [0.15, 0.2) is 0 Å². The number of anilines is 1. The summed E-state index contributed by atoms with van der Waals surface area (Å²) >= 11 is 0. The van der Waals surface area contributed by atoms with Gasteiger partial charge < -0.3 is 15.5 Å². The summed E-state index contributed by atoms with van der Waals surface area (Å²) in [5.74, 6) is 0.873. The predicted molar refractivity (Wildman–Crippen MR) is 73.4 cm³/mol. The number of rotatable bonds is 5. The zero-order valence-corrected chi connectivity index (χ0v) is 11.6. The highest BCUT2D eigenvalue weighted by Gasteiger charge is 2.15. The minimum atomic E-state index is 0.0585. The highest BCUT2D eigenvalue weighted by molar-refractivity contribution is 5.80. The van der Waals surface area contributed by atoms with E-state index in [0.717, 1.165) is 23.6 Å². The molecule has 0 aliphatic rings. The minimum absolute atomic E-state index is 0.0585. The van der Waals surface area contributed by atoms with Crippen molar-refractivity contribution in [2.45, 2.75) is 20.4 Å². The first-order valence-electron chi connectivity index (χ1n) is 6.11. The third-order valence-electron chi connectivity index (χ3n) is 2.82. The van der Waals surface area contributed by atoms with Crippen LogP contribution in [0.1, 0.15) is 18.2 Å². The SMILES string of the molecule is CCN(CC(=O)N(C)C)c1nc(C)ccc1CN. The summed E-state index contributed by atoms with van der Waals surface area (Å²) in [6, 6.07) is 3.91. The van der Waals surface area contributed by atoms with Crippen LogP contribution in [-0.4, -0.2) is 43.0 Å². The topological polar surface area (TPSA) is 62.5 Å². The van der Waals surface area contributed by atoms with Crippen LogP contribution in [0.2, 0.25) is 0 Å². The molecule has 1 aromatic rings. The fourth-order valence-corrected chi connectivity index (χ4v) is 1.65. The molecule has 0 bridgehead atoms. The van der Waals surface area contributed by atoms with Crippen molar-refractivity contribution in [1.82, 2.24) is 9.88 Å². The molecular formula is C13H22N4O. The van der Waals surface area contributed by atoms with Crippen molar-refractivity contribution in [3.8, 4) is 0 Å². The number of amides is 1. The van der Waals surface area contributed by atoms with Crippen LogP contribution in [-0.2, 0) is 11.3 Å². The van der Waals surface area contributed by atoms with Gasteiger partial charge in [-0.3, -0.25) is 4.79 Å². The van der Waals surface area contributed by atoms with E-state index < -0.39 is 0 Å². The second kappa shape index (κ2) is 6.35. The summed E-state index contributed by atoms with van der Waals surface area (Å²) in [7, 11) is 3.51. The highest BCUT2D eigenvalue weighted by Crippen LogP contribution is 2.18. The molecule has 1 rings (SSSR count). The van der Waals surface area contributed by atoms with E-state index in [2.05, 4.69) is 4.98 Å². The molecule has 0 unspecified atom stereocenters. The number of likely N-dealkylation sites (N-methyl/N-ethyl adjacent to an activating group) is 2. The second-order valence-corrected chi connectivity index (χ2v) is 4.44. The van der Waals surface area contributed by atoms with Crippen molar-refractivity contribution >= 4 is 11.7 Å². The first-order valence-corrected chi connectivity index (χ1v) is 6.11. The van der Waals surface area contributed by atoms with E-state index in [1.54, 1.807) is 19.0 Å². The molecule has 1 heterocycles. The van der Waals surface area contributed by atoms with Crippen LogP contribution in [0.5, 0.6) is 0 Å². The van der Waals surface area contributed by atoms with Crippen molar-refractivity contribution in [3.05, 3.63) is 23.4 Å². The van der Waals surface area contributed by atoms with Crippen molar-refractivity contribution in [1.29, 1.82) is 0 Å². The molecule has 1 aromatic heterocycles. The lowest BCUT2D eigenvalue weighted by Crippen LogP contribution is -2.37. The summed E-state index contributed by atoms with van der Waals surface area (Å²) in [5.41, 5.74) is 7.62. The van der Waals surface area contributed by atoms with Gasteiger partial charge in [-0.05, 0) is 19.9 Å². The van der Waals surface area contributed by atoms with Crippen LogP contribution in [0, 0.1) is 6.92 Å². The van der Waals surface area contributed by atoms with E-state index >= 15 is 0 Å². The molecule has 5 heteroatoms. The van der Waals surface area contributed by atoms with Gasteiger partial charge in [0, 0.05) is 38.4 Å². The average molecular weight is 250 g/mol. The molecule has 100 valence electrons. The first kappa shape index (κ1) is 14.4. The van der Waals surface area contributed by atoms with Crippen LogP contribution < -0.4 is 10.6 Å². The Labute approximate surface area is 109 Å². The smallest absolute Gasteiger partial charge is 0.241 e. The lowest BCUT2D eigenvalue weighted by atomic mass is 10.2. The van der Waals surface area contributed by atoms with E-state index in [0.29, 0.717) is 13.1 Å². The Hall–Kier alpha value is -1.62. The molecule has 18 heavy (non-hydrogen) atoms. The predicted octanol–water partition coefficient (Wildman–Crippen LogP) is 0.763. The van der Waals surface area contributed by atoms with Crippen molar-refractivity contribution in [2.24, 2.45) is 5.73 Å². The van der Waals surface area contributed by atoms with Crippen LogP contribution in [0.15, 0.2) is 12.1 Å². The van der Waals surface area contributed by atoms with Gasteiger partial charge in [0.2, 0.25) is 5.91 Å². The number of carbonyl (C=O) groups excluding carboxylic acids is 1. The Morgan fingerprint density at radius 1 is 1.39 bits per heavy atom. The maximum Gasteiger partial charge on any atom is 0.241 e. The number of aromatic nitrogens is 1. The molecule has 0 aromatic carbocycles. The number of aryl methyl sites for hydroxylation is 1. The Morgan fingerprint density at radius 3 is 2.56 bits per heavy atom. The van der Waals surface area contributed by atoms with Crippen LogP contribution in [0.4, 0.5) is 5.82 Å². The van der Waals surface area contributed by atoms with Gasteiger partial charge >= 0.3 is 0 Å². The molecule has 1 amide bonds. The molecule has 0 saturated carbocycles. The van der Waals surface area contributed by atoms with Crippen molar-refractivity contribution in [2.75, 3.05) is 32.1 Å². The monoisotopic (exact) mass is 250 g/mol. The fraction of sp³-hybridized carbons (Fsp3) is 0.538. The van der Waals surface area contributed by atoms with Crippen LogP contribution in [0.3, 0.4) is 0 Å². The molecule has 0 spiro atoms. The van der Waals surface area contributed by atoms with Gasteiger partial charge in [-0.25, -0.2) is 4.98 Å². The van der Waals surface area contributed by atoms with E-state index in [-0.39, 0.29) is 5.91 Å². The molecule has 0 saturated heterocycles. The van der Waals surface area contributed by atoms with Gasteiger partial charge in [0.1, 0.15) is 5.82 Å². The van der Waals surface area contributed by atoms with Gasteiger partial charge in [-0.1, -0.05) is 6.07 Å². The van der Waals surface area contributed by atoms with E-state index in [1.165, 1.54) is 0 Å². The molecule has 5 nitrogen and oxygen atoms in total. The maximum absolute atomic E-state index is 11.8. The summed E-state index contributed by atoms with van der Waals surface area (Å²) in [4.78, 5) is 19.8. The molecule has 0 atom stereocenters. The fourth-order valence-electron chi connectivity index (χ4n) is 1.65. The largest absolute Gasteiger partial charge is 0.347 e. The molecular weight excluding hydrogens is 228 g/mol. The minimum Gasteiger partial charge on any atom is -0.347 e. The Bertz CT molecular complexity index is 417. The zero-order chi connectivity index (χ0) is 13.7. The Kier molecular flexibility index (Phi) is 5.09. The molecule has 2 N–H and O–H groups in total. The number of carbonyl (C=O) groups is 1. The summed E-state index contributed by atoms with van der Waals surface area (Å²) in [5, 5.41) is 0. The maximum atomic E-state index is 11.8. The standard InChI is InChI=1S/C13H22N4O/c1-5-17(9-12(18)16(3)4)13-11(8-14)7-6-10(2)15-13/h6-7H,5,8-9,14H2,1-4H3. The quantitative estimate of drug-likeness (QED) is 0.838. The highest BCUT2D eigenvalue weighted by atomic mass is 16.2. The van der Waals surface area contributed by atoms with Gasteiger partial charge in [-0.2, -0.15) is 0 Å². The Morgan fingerprint density at radius 2 is 2.06 bits per heavy atom. The van der Waals surface area contributed by atoms with E-state index in [9.17, 15) is 4.79 Å². The number of nitrogens with zero attached hydrogens (tertiary/aromatic N) is 3. The molecule has 0 aliphatic carbocycles. The van der Waals surface area contributed by atoms with Crippen molar-refractivity contribution < 1.29 is 4.79 Å². The summed E-state index contributed by atoms with van der Waals surface area (Å²) < 4.78 is 0. The average Bonchev–Trinajstić information content (AvgIpc) is 2.35. The van der Waals surface area contributed by atoms with Crippen molar-refractivity contribution in [3.63, 3.8) is 0 Å². The van der Waals surface area contributed by atoms with E-state index in [4.69, 9.17) is 5.73 Å². The third-order valence-corrected chi connectivity index (χ3v) is 2.82. The summed E-state index contributed by atoms with van der Waals surface area (Å²) in [6.45, 7) is 5.42. The normalized spacial score (nSPS) is 10.3.